The number of hydrogen-bond donors (Lipinski definition) is 0. The Labute approximate surface area is 368 Å². The minimum absolute atomic E-state index is 0.166. The highest BCUT2D eigenvalue weighted by atomic mass is 32.2. The van der Waals surface area contributed by atoms with Crippen LogP contribution >= 0.6 is 23.5 Å². The third-order valence-electron chi connectivity index (χ3n) is 13.1. The molecule has 0 radical (unpaired) electrons. The Hall–Kier alpha value is -6.24. The van der Waals surface area contributed by atoms with Gasteiger partial charge in [0.15, 0.2) is 8.07 Å². The second-order valence-corrected chi connectivity index (χ2v) is 22.4. The minimum atomic E-state index is -2.72. The zero-order valence-electron chi connectivity index (χ0n) is 34.0. The molecular weight excluding hydrogens is 790 g/mol. The number of benzene rings is 9. The van der Waals surface area contributed by atoms with Crippen molar-refractivity contribution in [3.05, 3.63) is 217 Å². The molecule has 0 atom stereocenters. The van der Waals surface area contributed by atoms with E-state index in [4.69, 9.17) is 0 Å². The van der Waals surface area contributed by atoms with Crippen molar-refractivity contribution in [2.75, 3.05) is 4.90 Å². The van der Waals surface area contributed by atoms with Gasteiger partial charge >= 0.3 is 0 Å². The maximum atomic E-state index is 2.57. The Morgan fingerprint density at radius 2 is 0.934 bits per heavy atom. The third kappa shape index (κ3) is 5.64. The van der Waals surface area contributed by atoms with Gasteiger partial charge in [-0.2, -0.15) is 0 Å². The van der Waals surface area contributed by atoms with E-state index in [0.29, 0.717) is 0 Å². The first-order valence-electron chi connectivity index (χ1n) is 21.1. The summed E-state index contributed by atoms with van der Waals surface area (Å²) < 4.78 is 0. The lowest BCUT2D eigenvalue weighted by Gasteiger charge is -2.45. The highest BCUT2D eigenvalue weighted by Crippen LogP contribution is 2.46. The Morgan fingerprint density at radius 3 is 1.62 bits per heavy atom. The van der Waals surface area contributed by atoms with Crippen molar-refractivity contribution < 1.29 is 0 Å². The summed E-state index contributed by atoms with van der Waals surface area (Å²) in [7, 11) is -2.72. The van der Waals surface area contributed by atoms with Crippen molar-refractivity contribution in [2.24, 2.45) is 0 Å². The van der Waals surface area contributed by atoms with Crippen LogP contribution < -0.4 is 42.0 Å². The van der Waals surface area contributed by atoms with E-state index < -0.39 is 8.07 Å². The largest absolute Gasteiger partial charge is 0.311 e. The first-order chi connectivity index (χ1) is 30.1. The van der Waals surface area contributed by atoms with E-state index in [9.17, 15) is 0 Å². The lowest BCUT2D eigenvalue weighted by atomic mass is 9.36. The topological polar surface area (TPSA) is 3.24 Å². The van der Waals surface area contributed by atoms with Gasteiger partial charge in [-0.3, -0.25) is 0 Å². The fourth-order valence-electron chi connectivity index (χ4n) is 10.4. The molecule has 1 nitrogen and oxygen atoms in total. The molecule has 0 unspecified atom stereocenters. The molecule has 9 aromatic rings. The molecule has 0 aliphatic carbocycles. The van der Waals surface area contributed by atoms with E-state index >= 15 is 0 Å². The molecule has 3 aliphatic rings. The molecule has 0 saturated heterocycles. The van der Waals surface area contributed by atoms with E-state index in [1.807, 2.05) is 23.5 Å². The van der Waals surface area contributed by atoms with Crippen molar-refractivity contribution >= 4 is 92.5 Å². The van der Waals surface area contributed by atoms with Gasteiger partial charge in [-0.1, -0.05) is 198 Å². The number of anilines is 3. The van der Waals surface area contributed by atoms with Gasteiger partial charge in [0.1, 0.15) is 0 Å². The molecule has 3 heterocycles. The molecule has 9 aromatic carbocycles. The molecule has 61 heavy (non-hydrogen) atoms. The number of aryl methyl sites for hydroxylation is 2. The molecule has 0 fully saturated rings. The number of hydrogen-bond acceptors (Lipinski definition) is 3. The molecule has 0 saturated carbocycles. The van der Waals surface area contributed by atoms with Gasteiger partial charge in [-0.25, -0.2) is 0 Å². The number of fused-ring (bicyclic) bond motifs is 6. The van der Waals surface area contributed by atoms with Gasteiger partial charge in [0, 0.05) is 36.6 Å². The monoisotopic (exact) mass is 829 g/mol. The molecule has 0 aromatic heterocycles. The van der Waals surface area contributed by atoms with Gasteiger partial charge in [0.25, 0.3) is 0 Å². The summed E-state index contributed by atoms with van der Waals surface area (Å²) >= 11 is 3.87. The van der Waals surface area contributed by atoms with Crippen LogP contribution in [0.1, 0.15) is 11.1 Å². The minimum Gasteiger partial charge on any atom is -0.311 e. The van der Waals surface area contributed by atoms with Gasteiger partial charge in [-0.15, -0.1) is 0 Å². The van der Waals surface area contributed by atoms with Gasteiger partial charge in [-0.05, 0) is 116 Å². The second kappa shape index (κ2) is 14.5. The quantitative estimate of drug-likeness (QED) is 0.159. The highest BCUT2D eigenvalue weighted by molar-refractivity contribution is 8.01. The molecule has 0 amide bonds. The maximum absolute atomic E-state index is 2.72. The van der Waals surface area contributed by atoms with Crippen molar-refractivity contribution in [2.45, 2.75) is 33.4 Å². The molecule has 5 heteroatoms. The molecule has 0 bridgehead atoms. The summed E-state index contributed by atoms with van der Waals surface area (Å²) in [6.07, 6.45) is 0. The highest BCUT2D eigenvalue weighted by Gasteiger charge is 2.49. The van der Waals surface area contributed by atoms with Crippen LogP contribution in [0.4, 0.5) is 17.1 Å². The fourth-order valence-corrected chi connectivity index (χ4v) is 18.0. The maximum Gasteiger partial charge on any atom is 0.247 e. The van der Waals surface area contributed by atoms with Gasteiger partial charge in [0.05, 0.1) is 0 Å². The van der Waals surface area contributed by atoms with Crippen molar-refractivity contribution in [1.29, 1.82) is 0 Å². The first-order valence-corrected chi connectivity index (χ1v) is 24.7. The summed E-state index contributed by atoms with van der Waals surface area (Å²) in [5.41, 5.74) is 15.6. The molecule has 0 spiro atoms. The van der Waals surface area contributed by atoms with E-state index in [0.717, 1.165) is 0 Å². The third-order valence-corrected chi connectivity index (χ3v) is 20.3. The van der Waals surface area contributed by atoms with Crippen LogP contribution in [0.2, 0.25) is 0 Å². The zero-order chi connectivity index (χ0) is 40.7. The predicted octanol–water partition coefficient (Wildman–Crippen LogP) is 10.2. The van der Waals surface area contributed by atoms with E-state index in [1.54, 1.807) is 0 Å². The Balaban J connectivity index is 1.05. The summed E-state index contributed by atoms with van der Waals surface area (Å²) in [6.45, 7) is 4.60. The van der Waals surface area contributed by atoms with Crippen LogP contribution in [0.25, 0.3) is 22.3 Å². The average Bonchev–Trinajstić information content (AvgIpc) is 3.31. The molecule has 3 aliphatic heterocycles. The number of nitrogens with zero attached hydrogens (tertiary/aromatic N) is 1. The summed E-state index contributed by atoms with van der Waals surface area (Å²) in [6, 6.07) is 78.1. The molecule has 0 N–H and O–H groups in total. The Kier molecular flexibility index (Phi) is 8.67. The lowest BCUT2D eigenvalue weighted by Crippen LogP contribution is -2.77. The van der Waals surface area contributed by atoms with E-state index in [1.165, 1.54) is 107 Å². The summed E-state index contributed by atoms with van der Waals surface area (Å²) in [5.74, 6) is 0. The standard InChI is InChI=1S/C56H40BNS2Si/c1-37-17-9-10-22-44(37)45-33-39(30-29-38(45)2)40-31-32-47-51(34-40)60-53-36-41(35-52-56(53)57(47)46-23-11-14-26-50(46)59-52)58-48-24-12-15-27-54(48)61(42-18-5-3-6-19-42,43-20-7-4-8-21-43)55-28-16-13-25-49(55)58/h3-36H,1-2H3. The van der Waals surface area contributed by atoms with Gasteiger partial charge in [0.2, 0.25) is 6.71 Å². The van der Waals surface area contributed by atoms with Crippen LogP contribution in [-0.4, -0.2) is 14.8 Å². The van der Waals surface area contributed by atoms with Crippen LogP contribution in [-0.2, 0) is 0 Å². The lowest BCUT2D eigenvalue weighted by molar-refractivity contribution is 1.24. The Bertz CT molecular complexity index is 3110. The summed E-state index contributed by atoms with van der Waals surface area (Å²) in [4.78, 5) is 7.92. The van der Waals surface area contributed by atoms with E-state index in [2.05, 4.69) is 225 Å². The van der Waals surface area contributed by atoms with Crippen LogP contribution in [0.15, 0.2) is 226 Å². The molecule has 288 valence electrons. The van der Waals surface area contributed by atoms with Crippen LogP contribution in [0, 0.1) is 13.8 Å². The van der Waals surface area contributed by atoms with Crippen LogP contribution in [0.3, 0.4) is 0 Å². The predicted molar refractivity (Wildman–Crippen MR) is 264 cm³/mol. The zero-order valence-corrected chi connectivity index (χ0v) is 36.6. The Morgan fingerprint density at radius 1 is 0.410 bits per heavy atom. The molecule has 12 rings (SSSR count). The van der Waals surface area contributed by atoms with Crippen molar-refractivity contribution in [3.8, 4) is 22.3 Å². The van der Waals surface area contributed by atoms with Crippen molar-refractivity contribution in [3.63, 3.8) is 0 Å². The SMILES string of the molecule is Cc1ccccc1-c1cc(-c2ccc3c(c2)Sc2cc(N4c5ccccc5[Si](c5ccccc5)(c5ccccc5)c5ccccc54)cc4c2B3c2ccccc2S4)ccc1C. The normalized spacial score (nSPS) is 14.0. The number of rotatable bonds is 5. The van der Waals surface area contributed by atoms with Crippen molar-refractivity contribution in [1.82, 2.24) is 0 Å². The van der Waals surface area contributed by atoms with Crippen LogP contribution in [0.5, 0.6) is 0 Å². The van der Waals surface area contributed by atoms with Gasteiger partial charge < -0.3 is 4.90 Å². The number of para-hydroxylation sites is 2. The second-order valence-electron chi connectivity index (χ2n) is 16.5. The molecular formula is C56H40BNS2Si. The summed E-state index contributed by atoms with van der Waals surface area (Å²) in [5, 5.41) is 5.64. The fraction of sp³-hybridized carbons (Fsp3) is 0.0357. The first kappa shape index (κ1) is 36.6. The van der Waals surface area contributed by atoms with E-state index in [-0.39, 0.29) is 6.71 Å². The smallest absolute Gasteiger partial charge is 0.247 e. The average molecular weight is 830 g/mol.